The number of nitrogens with two attached hydrogens (primary N) is 1. The Morgan fingerprint density at radius 1 is 1.53 bits per heavy atom. The van der Waals surface area contributed by atoms with Gasteiger partial charge >= 0.3 is 0 Å². The highest BCUT2D eigenvalue weighted by Gasteiger charge is 2.13. The summed E-state index contributed by atoms with van der Waals surface area (Å²) < 4.78 is 0. The average molecular weight is 236 g/mol. The molecule has 0 aliphatic heterocycles. The first-order valence-electron chi connectivity index (χ1n) is 5.58. The summed E-state index contributed by atoms with van der Waals surface area (Å²) in [6, 6.07) is 1.96. The molecule has 0 atom stereocenters. The first-order chi connectivity index (χ1) is 7.99. The van der Waals surface area contributed by atoms with Crippen LogP contribution in [0.15, 0.2) is 6.07 Å². The van der Waals surface area contributed by atoms with Crippen molar-refractivity contribution >= 4 is 11.6 Å². The highest BCUT2D eigenvalue weighted by Crippen LogP contribution is 2.22. The summed E-state index contributed by atoms with van der Waals surface area (Å²) in [7, 11) is 3.51. The lowest BCUT2D eigenvalue weighted by Gasteiger charge is -2.22. The van der Waals surface area contributed by atoms with Crippen LogP contribution in [0.1, 0.15) is 17.0 Å². The quantitative estimate of drug-likeness (QED) is 0.791. The highest BCUT2D eigenvalue weighted by molar-refractivity contribution is 5.81. The number of likely N-dealkylation sites (N-methyl/N-ethyl adjacent to an activating group) is 2. The van der Waals surface area contributed by atoms with E-state index < -0.39 is 0 Å². The molecular weight excluding hydrogens is 216 g/mol. The third-order valence-corrected chi connectivity index (χ3v) is 2.71. The van der Waals surface area contributed by atoms with Crippen LogP contribution in [0.2, 0.25) is 0 Å². The molecule has 0 saturated carbocycles. The molecule has 3 N–H and O–H groups in total. The Balaban J connectivity index is 3.07. The lowest BCUT2D eigenvalue weighted by Crippen LogP contribution is -2.33. The Morgan fingerprint density at radius 3 is 2.71 bits per heavy atom. The number of hydrogen-bond acceptors (Lipinski definition) is 4. The highest BCUT2D eigenvalue weighted by atomic mass is 16.1. The maximum Gasteiger partial charge on any atom is 0.239 e. The molecular formula is C12H20N4O. The van der Waals surface area contributed by atoms with Gasteiger partial charge in [0, 0.05) is 43.3 Å². The maximum absolute atomic E-state index is 11.4. The van der Waals surface area contributed by atoms with Gasteiger partial charge in [-0.15, -0.1) is 0 Å². The fraction of sp³-hybridized carbons (Fsp3) is 0.500. The second-order valence-corrected chi connectivity index (χ2v) is 4.08. The zero-order valence-electron chi connectivity index (χ0n) is 10.9. The monoisotopic (exact) mass is 236 g/mol. The number of nitrogens with zero attached hydrogens (tertiary/aromatic N) is 2. The van der Waals surface area contributed by atoms with Gasteiger partial charge in [-0.05, 0) is 19.9 Å². The summed E-state index contributed by atoms with van der Waals surface area (Å²) >= 11 is 0. The van der Waals surface area contributed by atoms with Gasteiger partial charge in [0.1, 0.15) is 0 Å². The number of carbonyl (C=O) groups is 1. The van der Waals surface area contributed by atoms with E-state index in [-0.39, 0.29) is 5.91 Å². The van der Waals surface area contributed by atoms with Crippen LogP contribution in [0, 0.1) is 13.8 Å². The zero-order valence-corrected chi connectivity index (χ0v) is 10.9. The van der Waals surface area contributed by atoms with Crippen molar-refractivity contribution in [3.05, 3.63) is 23.0 Å². The number of aromatic nitrogens is 1. The molecule has 0 unspecified atom stereocenters. The molecule has 1 heterocycles. The normalized spacial score (nSPS) is 10.2. The number of pyridine rings is 1. The standard InChI is InChI=1S/C12H20N4O/c1-8-5-11(10(6-13)9(2)15-8)16(4)7-12(17)14-3/h5H,6-7,13H2,1-4H3,(H,14,17). The van der Waals surface area contributed by atoms with Gasteiger partial charge in [0.05, 0.1) is 6.54 Å². The number of hydrogen-bond donors (Lipinski definition) is 2. The van der Waals surface area contributed by atoms with Crippen molar-refractivity contribution < 1.29 is 4.79 Å². The van der Waals surface area contributed by atoms with Crippen molar-refractivity contribution in [2.75, 3.05) is 25.5 Å². The van der Waals surface area contributed by atoms with Gasteiger partial charge < -0.3 is 16.0 Å². The van der Waals surface area contributed by atoms with Crippen molar-refractivity contribution in [3.8, 4) is 0 Å². The van der Waals surface area contributed by atoms with Gasteiger partial charge in [0.15, 0.2) is 0 Å². The third-order valence-electron chi connectivity index (χ3n) is 2.71. The minimum absolute atomic E-state index is 0.0254. The molecule has 0 bridgehead atoms. The van der Waals surface area contributed by atoms with E-state index in [4.69, 9.17) is 5.73 Å². The minimum Gasteiger partial charge on any atom is -0.365 e. The fourth-order valence-corrected chi connectivity index (χ4v) is 1.81. The Labute approximate surface area is 102 Å². The summed E-state index contributed by atoms with van der Waals surface area (Å²) in [5.41, 5.74) is 9.55. The topological polar surface area (TPSA) is 71.2 Å². The number of aryl methyl sites for hydroxylation is 2. The van der Waals surface area contributed by atoms with Crippen LogP contribution in [-0.2, 0) is 11.3 Å². The van der Waals surface area contributed by atoms with E-state index in [0.29, 0.717) is 13.1 Å². The average Bonchev–Trinajstić information content (AvgIpc) is 2.27. The number of carbonyl (C=O) groups excluding carboxylic acids is 1. The fourth-order valence-electron chi connectivity index (χ4n) is 1.81. The van der Waals surface area contributed by atoms with Crippen LogP contribution >= 0.6 is 0 Å². The minimum atomic E-state index is -0.0254. The van der Waals surface area contributed by atoms with Crippen LogP contribution in [0.5, 0.6) is 0 Å². The molecule has 1 rings (SSSR count). The van der Waals surface area contributed by atoms with Crippen LogP contribution in [-0.4, -0.2) is 31.5 Å². The Morgan fingerprint density at radius 2 is 2.18 bits per heavy atom. The number of nitrogens with one attached hydrogen (secondary N) is 1. The summed E-state index contributed by atoms with van der Waals surface area (Å²) in [5.74, 6) is -0.0254. The van der Waals surface area contributed by atoms with E-state index in [9.17, 15) is 4.79 Å². The van der Waals surface area contributed by atoms with Crippen LogP contribution < -0.4 is 16.0 Å². The molecule has 5 heteroatoms. The van der Waals surface area contributed by atoms with Crippen molar-refractivity contribution in [3.63, 3.8) is 0 Å². The molecule has 17 heavy (non-hydrogen) atoms. The maximum atomic E-state index is 11.4. The molecule has 0 aromatic carbocycles. The number of anilines is 1. The molecule has 1 aromatic rings. The Hall–Kier alpha value is -1.62. The van der Waals surface area contributed by atoms with E-state index in [1.807, 2.05) is 31.9 Å². The second kappa shape index (κ2) is 5.63. The third kappa shape index (κ3) is 3.17. The molecule has 1 amide bonds. The predicted octanol–water partition coefficient (Wildman–Crippen LogP) is 0.339. The van der Waals surface area contributed by atoms with Crippen LogP contribution in [0.4, 0.5) is 5.69 Å². The molecule has 1 aromatic heterocycles. The number of amides is 1. The summed E-state index contributed by atoms with van der Waals surface area (Å²) in [5, 5.41) is 2.60. The largest absolute Gasteiger partial charge is 0.365 e. The van der Waals surface area contributed by atoms with Gasteiger partial charge in [-0.25, -0.2) is 0 Å². The van der Waals surface area contributed by atoms with Crippen molar-refractivity contribution in [1.29, 1.82) is 0 Å². The Bertz CT molecular complexity index is 417. The molecule has 0 spiro atoms. The van der Waals surface area contributed by atoms with Crippen LogP contribution in [0.3, 0.4) is 0 Å². The number of rotatable bonds is 4. The molecule has 0 saturated heterocycles. The van der Waals surface area contributed by atoms with Crippen LogP contribution in [0.25, 0.3) is 0 Å². The first kappa shape index (κ1) is 13.4. The summed E-state index contributed by atoms with van der Waals surface area (Å²) in [6.45, 7) is 4.61. The van der Waals surface area contributed by atoms with E-state index in [1.165, 1.54) is 0 Å². The van der Waals surface area contributed by atoms with Gasteiger partial charge in [-0.3, -0.25) is 9.78 Å². The lowest BCUT2D eigenvalue weighted by atomic mass is 10.1. The molecule has 94 valence electrons. The molecule has 0 radical (unpaired) electrons. The smallest absolute Gasteiger partial charge is 0.239 e. The molecule has 5 nitrogen and oxygen atoms in total. The zero-order chi connectivity index (χ0) is 13.0. The summed E-state index contributed by atoms with van der Waals surface area (Å²) in [6.07, 6.45) is 0. The SMILES string of the molecule is CNC(=O)CN(C)c1cc(C)nc(C)c1CN. The van der Waals surface area contributed by atoms with Crippen molar-refractivity contribution in [1.82, 2.24) is 10.3 Å². The van der Waals surface area contributed by atoms with Gasteiger partial charge in [0.25, 0.3) is 0 Å². The van der Waals surface area contributed by atoms with E-state index in [2.05, 4.69) is 10.3 Å². The Kier molecular flexibility index (Phi) is 4.45. The summed E-state index contributed by atoms with van der Waals surface area (Å²) in [4.78, 5) is 17.6. The molecule has 0 aliphatic carbocycles. The van der Waals surface area contributed by atoms with E-state index in [0.717, 1.165) is 22.6 Å². The van der Waals surface area contributed by atoms with Crippen molar-refractivity contribution in [2.24, 2.45) is 5.73 Å². The van der Waals surface area contributed by atoms with Crippen molar-refractivity contribution in [2.45, 2.75) is 20.4 Å². The van der Waals surface area contributed by atoms with E-state index >= 15 is 0 Å². The predicted molar refractivity (Wildman–Crippen MR) is 68.9 cm³/mol. The first-order valence-corrected chi connectivity index (χ1v) is 5.58. The van der Waals surface area contributed by atoms with Gasteiger partial charge in [-0.1, -0.05) is 0 Å². The van der Waals surface area contributed by atoms with E-state index in [1.54, 1.807) is 7.05 Å². The van der Waals surface area contributed by atoms with Gasteiger partial charge in [-0.2, -0.15) is 0 Å². The molecule has 0 aliphatic rings. The molecule has 0 fully saturated rings. The lowest BCUT2D eigenvalue weighted by molar-refractivity contribution is -0.119. The van der Waals surface area contributed by atoms with Gasteiger partial charge in [0.2, 0.25) is 5.91 Å². The second-order valence-electron chi connectivity index (χ2n) is 4.08.